The number of piperazine rings is 1. The number of halogens is 2. The van der Waals surface area contributed by atoms with Crippen molar-refractivity contribution in [3.05, 3.63) is 68.1 Å². The highest BCUT2D eigenvalue weighted by atomic mass is 35.5. The molecule has 4 aliphatic rings. The Balaban J connectivity index is 1.00. The zero-order valence-corrected chi connectivity index (χ0v) is 30.2. The van der Waals surface area contributed by atoms with E-state index in [1.165, 1.54) is 46.0 Å². The number of H-pyrrole nitrogens is 1. The van der Waals surface area contributed by atoms with E-state index in [-0.39, 0.29) is 54.5 Å². The predicted octanol–water partition coefficient (Wildman–Crippen LogP) is 3.08. The molecule has 2 aromatic carbocycles. The summed E-state index contributed by atoms with van der Waals surface area (Å²) in [4.78, 5) is 75.6. The van der Waals surface area contributed by atoms with E-state index < -0.39 is 58.6 Å². The van der Waals surface area contributed by atoms with Crippen LogP contribution in [0.25, 0.3) is 22.3 Å². The fourth-order valence-corrected chi connectivity index (χ4v) is 8.04. The van der Waals surface area contributed by atoms with E-state index in [1.807, 2.05) is 0 Å². The van der Waals surface area contributed by atoms with Gasteiger partial charge in [0.05, 0.1) is 34.2 Å². The van der Waals surface area contributed by atoms with Crippen molar-refractivity contribution in [2.75, 3.05) is 39.8 Å². The van der Waals surface area contributed by atoms with E-state index in [2.05, 4.69) is 27.1 Å². The summed E-state index contributed by atoms with van der Waals surface area (Å²) in [6.07, 6.45) is -1.17. The highest BCUT2D eigenvalue weighted by molar-refractivity contribution is 6.31. The van der Waals surface area contributed by atoms with E-state index in [4.69, 9.17) is 32.7 Å². The summed E-state index contributed by atoms with van der Waals surface area (Å²) in [6.45, 7) is 4.12. The van der Waals surface area contributed by atoms with Crippen molar-refractivity contribution in [2.45, 2.75) is 38.0 Å². The van der Waals surface area contributed by atoms with Crippen LogP contribution in [0.15, 0.2) is 52.5 Å². The fourth-order valence-electron chi connectivity index (χ4n) is 7.70. The molecule has 2 saturated heterocycles. The van der Waals surface area contributed by atoms with Crippen LogP contribution in [0.1, 0.15) is 20.3 Å². The molecule has 5 atom stereocenters. The number of aromatic amines is 1. The minimum Gasteiger partial charge on any atom is -0.477 e. The second-order valence-electron chi connectivity index (χ2n) is 13.8. The number of carbonyl (C=O) groups is 4. The van der Waals surface area contributed by atoms with Crippen LogP contribution in [0.4, 0.5) is 9.59 Å². The van der Waals surface area contributed by atoms with Crippen molar-refractivity contribution in [2.24, 2.45) is 11.3 Å². The van der Waals surface area contributed by atoms with Crippen LogP contribution in [-0.4, -0.2) is 116 Å². The monoisotopic (exact) mass is 764 g/mol. The number of nitrogens with one attached hydrogen (secondary N) is 2. The Morgan fingerprint density at radius 1 is 1.15 bits per heavy atom. The number of fused-ring (bicyclic) bond motifs is 3. The predicted molar refractivity (Wildman–Crippen MR) is 191 cm³/mol. The number of hydrogen-bond donors (Lipinski definition) is 4. The van der Waals surface area contributed by atoms with Gasteiger partial charge in [0.25, 0.3) is 5.56 Å². The second-order valence-corrected chi connectivity index (χ2v) is 14.6. The van der Waals surface area contributed by atoms with E-state index in [9.17, 15) is 34.2 Å². The molecule has 17 heteroatoms. The highest BCUT2D eigenvalue weighted by Crippen LogP contribution is 2.70. The number of likely N-dealkylation sites (N-methyl/N-ethyl adjacent to an activating group) is 1. The first-order valence-electron chi connectivity index (χ1n) is 16.7. The number of benzene rings is 2. The minimum absolute atomic E-state index is 0.0655. The number of carboxylic acids is 1. The summed E-state index contributed by atoms with van der Waals surface area (Å²) in [5, 5.41) is 24.6. The summed E-state index contributed by atoms with van der Waals surface area (Å²) in [6, 6.07) is 8.26. The van der Waals surface area contributed by atoms with Crippen LogP contribution in [0, 0.1) is 23.2 Å². The quantitative estimate of drug-likeness (QED) is 0.213. The number of aromatic nitrogens is 2. The molecular weight excluding hydrogens is 731 g/mol. The molecule has 7 rings (SSSR count). The van der Waals surface area contributed by atoms with Gasteiger partial charge in [0.15, 0.2) is 6.61 Å². The molecule has 1 saturated carbocycles. The Kier molecular flexibility index (Phi) is 9.14. The Morgan fingerprint density at radius 3 is 2.58 bits per heavy atom. The van der Waals surface area contributed by atoms with Crippen molar-refractivity contribution in [1.82, 2.24) is 30.0 Å². The van der Waals surface area contributed by atoms with Crippen molar-refractivity contribution >= 4 is 58.2 Å². The van der Waals surface area contributed by atoms with Crippen LogP contribution in [0.3, 0.4) is 0 Å². The number of amides is 3. The number of ether oxygens (including phenoxy) is 2. The third-order valence-electron chi connectivity index (χ3n) is 10.4. The van der Waals surface area contributed by atoms with Gasteiger partial charge in [0.1, 0.15) is 22.7 Å². The molecule has 1 aromatic heterocycles. The first-order valence-corrected chi connectivity index (χ1v) is 17.5. The maximum Gasteiger partial charge on any atom is 0.415 e. The maximum atomic E-state index is 13.6. The number of aliphatic carboxylic acids is 1. The molecule has 1 spiro atoms. The van der Waals surface area contributed by atoms with Gasteiger partial charge in [-0.25, -0.2) is 19.4 Å². The van der Waals surface area contributed by atoms with Crippen LogP contribution < -0.4 is 15.6 Å². The number of nitrogens with zero attached hydrogens (tertiary/aromatic N) is 4. The Hall–Kier alpha value is -5.14. The Bertz CT molecular complexity index is 2250. The fraction of sp³-hybridized carbons (Fsp3) is 0.389. The highest BCUT2D eigenvalue weighted by Gasteiger charge is 2.84. The van der Waals surface area contributed by atoms with Crippen LogP contribution in [0.5, 0.6) is 5.75 Å². The van der Waals surface area contributed by atoms with E-state index in [0.717, 1.165) is 0 Å². The van der Waals surface area contributed by atoms with Gasteiger partial charge in [0.2, 0.25) is 5.91 Å². The number of β-lactam (4-membered cyclic amide) rings is 1. The smallest absolute Gasteiger partial charge is 0.415 e. The number of aliphatic hydroxyl groups is 1. The van der Waals surface area contributed by atoms with Gasteiger partial charge in [-0.2, -0.15) is 0 Å². The molecule has 15 nitrogen and oxygen atoms in total. The average Bonchev–Trinajstić information content (AvgIpc) is 3.62. The molecule has 3 amide bonds. The summed E-state index contributed by atoms with van der Waals surface area (Å²) in [5.41, 5.74) is -1.95. The lowest BCUT2D eigenvalue weighted by Crippen LogP contribution is -2.65. The van der Waals surface area contributed by atoms with Crippen molar-refractivity contribution in [3.8, 4) is 29.0 Å². The molecular formula is C36H34Cl2N6O9. The molecule has 4 heterocycles. The summed E-state index contributed by atoms with van der Waals surface area (Å²) < 4.78 is 11.2. The largest absolute Gasteiger partial charge is 0.477 e. The van der Waals surface area contributed by atoms with E-state index in [0.29, 0.717) is 34.0 Å². The maximum absolute atomic E-state index is 13.6. The van der Waals surface area contributed by atoms with Crippen molar-refractivity contribution in [3.63, 3.8) is 0 Å². The lowest BCUT2D eigenvalue weighted by molar-refractivity contribution is -0.165. The lowest BCUT2D eigenvalue weighted by atomic mass is 9.75. The van der Waals surface area contributed by atoms with E-state index >= 15 is 0 Å². The molecule has 3 aliphatic heterocycles. The zero-order chi connectivity index (χ0) is 38.0. The molecule has 0 radical (unpaired) electrons. The number of carboxylic acid groups (broad SMARTS) is 1. The Morgan fingerprint density at radius 2 is 1.87 bits per heavy atom. The van der Waals surface area contributed by atoms with Gasteiger partial charge in [-0.3, -0.25) is 14.5 Å². The summed E-state index contributed by atoms with van der Waals surface area (Å²) in [5.74, 6) is 3.57. The molecule has 53 heavy (non-hydrogen) atoms. The van der Waals surface area contributed by atoms with Crippen molar-refractivity contribution < 1.29 is 38.9 Å². The number of hydrogen-bond acceptors (Lipinski definition) is 10. The third-order valence-corrected chi connectivity index (χ3v) is 10.9. The van der Waals surface area contributed by atoms with Crippen LogP contribution in [0.2, 0.25) is 10.0 Å². The van der Waals surface area contributed by atoms with Gasteiger partial charge >= 0.3 is 18.2 Å². The van der Waals surface area contributed by atoms with Gasteiger partial charge in [-0.15, -0.1) is 0 Å². The SMILES string of the molecule is C[C@H]1C(C#CCOC(=O)N(C)CC2CNCCN2C(=O)Oc2ccc(Cl)cc2-c2nc3ccc(Cl)cc3c(=O)[nH]2)=C(C(=O)O)N2C(=O)[C@@]3(CC3(C)O)[C@@H]12. The molecule has 276 valence electrons. The molecule has 3 aromatic rings. The van der Waals surface area contributed by atoms with Gasteiger partial charge in [0, 0.05) is 54.8 Å². The number of carbonyl (C=O) groups excluding carboxylic acids is 3. The second kappa shape index (κ2) is 13.4. The molecule has 1 aliphatic carbocycles. The minimum atomic E-state index is -1.30. The average molecular weight is 766 g/mol. The normalized spacial score (nSPS) is 25.8. The number of rotatable bonds is 6. The van der Waals surface area contributed by atoms with E-state index in [1.54, 1.807) is 26.0 Å². The third kappa shape index (κ3) is 6.15. The summed E-state index contributed by atoms with van der Waals surface area (Å²) >= 11 is 12.3. The van der Waals surface area contributed by atoms with Gasteiger partial charge < -0.3 is 39.8 Å². The zero-order valence-electron chi connectivity index (χ0n) is 28.7. The lowest BCUT2D eigenvalue weighted by Gasteiger charge is -2.47. The molecule has 0 bridgehead atoms. The standard InChI is InChI=1S/C36H34Cl2N6O9/c1-18-22(27(31(46)47)44-28(18)36(32(44)48)17-35(36,2)51)5-4-12-52-33(49)42(3)16-21-15-39-10-11-43(21)34(50)53-26-9-7-20(38)14-24(26)29-40-25-8-6-19(37)13-23(25)30(45)41-29/h6-9,13-14,18,21,28,39,51H,10-12,15-17H2,1-3H3,(H,46,47)(H,40,41,45)/t18-,21?,28+,35?,36+/m0/s1. The van der Waals surface area contributed by atoms with Crippen LogP contribution >= 0.6 is 23.2 Å². The van der Waals surface area contributed by atoms with Gasteiger partial charge in [-0.1, -0.05) is 42.0 Å². The Labute approximate surface area is 312 Å². The molecule has 2 unspecified atom stereocenters. The topological polar surface area (TPSA) is 195 Å². The van der Waals surface area contributed by atoms with Crippen LogP contribution in [-0.2, 0) is 14.3 Å². The van der Waals surface area contributed by atoms with Crippen molar-refractivity contribution in [1.29, 1.82) is 0 Å². The van der Waals surface area contributed by atoms with Gasteiger partial charge in [-0.05, 0) is 49.7 Å². The first kappa shape index (κ1) is 36.2. The molecule has 4 N–H and O–H groups in total. The summed E-state index contributed by atoms with van der Waals surface area (Å²) in [7, 11) is 1.50. The first-order chi connectivity index (χ1) is 25.1. The molecule has 3 fully saturated rings.